The number of nitrogens with zero attached hydrogens (tertiary/aromatic N) is 1. The van der Waals surface area contributed by atoms with Gasteiger partial charge in [-0.1, -0.05) is 54.1 Å². The summed E-state index contributed by atoms with van der Waals surface area (Å²) in [5.74, 6) is -0.134. The Hall–Kier alpha value is -3.26. The first kappa shape index (κ1) is 20.6. The van der Waals surface area contributed by atoms with Gasteiger partial charge in [-0.25, -0.2) is 0 Å². The van der Waals surface area contributed by atoms with Crippen LogP contribution in [0.5, 0.6) is 5.75 Å². The Morgan fingerprint density at radius 3 is 2.53 bits per heavy atom. The van der Waals surface area contributed by atoms with E-state index in [0.717, 1.165) is 32.9 Å². The molecule has 0 bridgehead atoms. The second kappa shape index (κ2) is 7.70. The Kier molecular flexibility index (Phi) is 4.97. The van der Waals surface area contributed by atoms with E-state index in [1.54, 1.807) is 12.1 Å². The molecule has 5 rings (SSSR count). The molecule has 8 heteroatoms. The average molecular weight is 466 g/mol. The van der Waals surface area contributed by atoms with E-state index < -0.39 is 10.3 Å². The van der Waals surface area contributed by atoms with E-state index in [-0.39, 0.29) is 11.7 Å². The molecule has 32 heavy (non-hydrogen) atoms. The molecule has 0 saturated carbocycles. The van der Waals surface area contributed by atoms with Gasteiger partial charge in [0, 0.05) is 57.8 Å². The third-order valence-electron chi connectivity index (χ3n) is 5.66. The minimum atomic E-state index is -4.20. The molecule has 162 valence electrons. The Balaban J connectivity index is 1.83. The molecule has 1 atom stereocenters. The van der Waals surface area contributed by atoms with Gasteiger partial charge >= 0.3 is 10.3 Å². The highest BCUT2D eigenvalue weighted by atomic mass is 35.5. The predicted molar refractivity (Wildman–Crippen MR) is 127 cm³/mol. The van der Waals surface area contributed by atoms with Crippen molar-refractivity contribution in [3.05, 3.63) is 101 Å². The molecule has 2 heterocycles. The molecule has 0 spiro atoms. The van der Waals surface area contributed by atoms with Gasteiger partial charge in [0.2, 0.25) is 0 Å². The first-order valence-corrected chi connectivity index (χ1v) is 11.8. The number of fused-ring (bicyclic) bond motifs is 2. The maximum Gasteiger partial charge on any atom is 0.380 e. The number of rotatable bonds is 5. The van der Waals surface area contributed by atoms with Crippen molar-refractivity contribution in [1.29, 1.82) is 0 Å². The fourth-order valence-electron chi connectivity index (χ4n) is 4.37. The maximum absolute atomic E-state index is 11.8. The summed E-state index contributed by atoms with van der Waals surface area (Å²) in [6.07, 6.45) is 4.00. The van der Waals surface area contributed by atoms with Crippen molar-refractivity contribution in [2.75, 3.05) is 0 Å². The summed E-state index contributed by atoms with van der Waals surface area (Å²) >= 11 is 6.25. The molecule has 0 fully saturated rings. The van der Waals surface area contributed by atoms with Gasteiger partial charge in [-0.2, -0.15) is 13.6 Å². The Morgan fingerprint density at radius 1 is 0.969 bits per heavy atom. The van der Waals surface area contributed by atoms with Crippen LogP contribution in [-0.2, 0) is 17.4 Å². The predicted octanol–water partition coefficient (Wildman–Crippen LogP) is 5.08. The van der Waals surface area contributed by atoms with E-state index in [1.807, 2.05) is 78.6 Å². The molecule has 3 N–H and O–H groups in total. The van der Waals surface area contributed by atoms with Gasteiger partial charge < -0.3 is 13.7 Å². The van der Waals surface area contributed by atoms with Crippen LogP contribution in [-0.4, -0.2) is 18.0 Å². The molecule has 0 aliphatic carbocycles. The summed E-state index contributed by atoms with van der Waals surface area (Å²) in [7, 11) is -2.24. The molecule has 0 amide bonds. The van der Waals surface area contributed by atoms with Crippen LogP contribution >= 0.6 is 11.6 Å². The minimum Gasteiger partial charge on any atom is -0.371 e. The van der Waals surface area contributed by atoms with Gasteiger partial charge in [0.25, 0.3) is 0 Å². The standard InChI is InChI=1S/C24H20ClN3O3S/c1-28-14-20(17-11-10-15(25)12-22(17)28)24(19-13-27-21-8-4-2-6-16(19)21)18-7-3-5-9-23(18)31-32(26,29)30/h2-14,24,27H,1H3,(H2,26,29,30). The van der Waals surface area contributed by atoms with E-state index >= 15 is 0 Å². The Morgan fingerprint density at radius 2 is 1.72 bits per heavy atom. The maximum atomic E-state index is 11.8. The molecule has 0 aliphatic rings. The van der Waals surface area contributed by atoms with Crippen molar-refractivity contribution in [2.24, 2.45) is 12.2 Å². The highest BCUT2D eigenvalue weighted by Crippen LogP contribution is 2.43. The number of hydrogen-bond acceptors (Lipinski definition) is 3. The fraction of sp³-hybridized carbons (Fsp3) is 0.0833. The number of H-pyrrole nitrogens is 1. The average Bonchev–Trinajstić information content (AvgIpc) is 3.30. The van der Waals surface area contributed by atoms with E-state index in [9.17, 15) is 8.42 Å². The number of aryl methyl sites for hydroxylation is 1. The van der Waals surface area contributed by atoms with Crippen LogP contribution in [0.15, 0.2) is 79.1 Å². The summed E-state index contributed by atoms with van der Waals surface area (Å²) in [6.45, 7) is 0. The van der Waals surface area contributed by atoms with Crippen LogP contribution in [0.1, 0.15) is 22.6 Å². The lowest BCUT2D eigenvalue weighted by Gasteiger charge is -2.20. The number of hydrogen-bond donors (Lipinski definition) is 2. The summed E-state index contributed by atoms with van der Waals surface area (Å²) in [5.41, 5.74) is 4.64. The van der Waals surface area contributed by atoms with Gasteiger partial charge in [0.05, 0.1) is 0 Å². The van der Waals surface area contributed by atoms with Crippen molar-refractivity contribution in [2.45, 2.75) is 5.92 Å². The lowest BCUT2D eigenvalue weighted by molar-refractivity contribution is 0.484. The molecule has 2 aromatic heterocycles. The first-order chi connectivity index (χ1) is 15.3. The summed E-state index contributed by atoms with van der Waals surface area (Å²) < 4.78 is 30.8. The lowest BCUT2D eigenvalue weighted by atomic mass is 9.84. The molecular weight excluding hydrogens is 446 g/mol. The smallest absolute Gasteiger partial charge is 0.371 e. The Labute approximate surface area is 190 Å². The van der Waals surface area contributed by atoms with Gasteiger partial charge in [0.1, 0.15) is 5.75 Å². The van der Waals surface area contributed by atoms with Crippen molar-refractivity contribution in [3.63, 3.8) is 0 Å². The minimum absolute atomic E-state index is 0.191. The summed E-state index contributed by atoms with van der Waals surface area (Å²) in [4.78, 5) is 3.33. The zero-order valence-electron chi connectivity index (χ0n) is 17.1. The van der Waals surface area contributed by atoms with Gasteiger partial charge in [0.15, 0.2) is 0 Å². The van der Waals surface area contributed by atoms with E-state index in [0.29, 0.717) is 10.6 Å². The van der Waals surface area contributed by atoms with Crippen molar-refractivity contribution in [1.82, 2.24) is 9.55 Å². The third-order valence-corrected chi connectivity index (χ3v) is 6.31. The largest absolute Gasteiger partial charge is 0.380 e. The van der Waals surface area contributed by atoms with Crippen molar-refractivity contribution >= 4 is 43.7 Å². The third kappa shape index (κ3) is 3.64. The second-order valence-electron chi connectivity index (χ2n) is 7.69. The zero-order valence-corrected chi connectivity index (χ0v) is 18.7. The number of aromatic amines is 1. The molecule has 0 aliphatic heterocycles. The van der Waals surface area contributed by atoms with Crippen LogP contribution in [0.4, 0.5) is 0 Å². The van der Waals surface area contributed by atoms with Crippen molar-refractivity contribution in [3.8, 4) is 5.75 Å². The monoisotopic (exact) mass is 465 g/mol. The number of benzene rings is 3. The number of para-hydroxylation sites is 2. The number of halogens is 1. The zero-order chi connectivity index (χ0) is 22.5. The SMILES string of the molecule is Cn1cc(C(c2ccccc2OS(N)(=O)=O)c2c[nH]c3ccccc23)c2ccc(Cl)cc21. The van der Waals surface area contributed by atoms with E-state index in [2.05, 4.69) is 4.98 Å². The van der Waals surface area contributed by atoms with Gasteiger partial charge in [-0.05, 0) is 35.4 Å². The van der Waals surface area contributed by atoms with Crippen LogP contribution in [0.2, 0.25) is 5.02 Å². The molecule has 5 aromatic rings. The fourth-order valence-corrected chi connectivity index (χ4v) is 4.94. The molecule has 1 unspecified atom stereocenters. The number of nitrogens with two attached hydrogens (primary N) is 1. The summed E-state index contributed by atoms with van der Waals surface area (Å²) in [6, 6.07) is 20.8. The number of nitrogens with one attached hydrogen (secondary N) is 1. The second-order valence-corrected chi connectivity index (χ2v) is 9.28. The van der Waals surface area contributed by atoms with Crippen LogP contribution in [0.25, 0.3) is 21.8 Å². The van der Waals surface area contributed by atoms with Gasteiger partial charge in [-0.3, -0.25) is 0 Å². The highest BCUT2D eigenvalue weighted by molar-refractivity contribution is 7.84. The molecule has 6 nitrogen and oxygen atoms in total. The quantitative estimate of drug-likeness (QED) is 0.379. The topological polar surface area (TPSA) is 90.1 Å². The Bertz CT molecular complexity index is 1570. The van der Waals surface area contributed by atoms with Crippen LogP contribution in [0.3, 0.4) is 0 Å². The highest BCUT2D eigenvalue weighted by Gasteiger charge is 2.27. The van der Waals surface area contributed by atoms with E-state index in [4.69, 9.17) is 20.9 Å². The van der Waals surface area contributed by atoms with Crippen LogP contribution < -0.4 is 9.32 Å². The van der Waals surface area contributed by atoms with Gasteiger partial charge in [-0.15, -0.1) is 0 Å². The molecule has 0 saturated heterocycles. The van der Waals surface area contributed by atoms with Crippen molar-refractivity contribution < 1.29 is 12.6 Å². The normalized spacial score (nSPS) is 13.0. The molecular formula is C24H20ClN3O3S. The van der Waals surface area contributed by atoms with E-state index in [1.165, 1.54) is 0 Å². The first-order valence-electron chi connectivity index (χ1n) is 9.93. The summed E-state index contributed by atoms with van der Waals surface area (Å²) in [5, 5.41) is 7.91. The number of aromatic nitrogens is 2. The molecule has 0 radical (unpaired) electrons. The lowest BCUT2D eigenvalue weighted by Crippen LogP contribution is -2.20. The molecule has 3 aromatic carbocycles. The van der Waals surface area contributed by atoms with Crippen LogP contribution in [0, 0.1) is 0 Å².